The molecule has 3 unspecified atom stereocenters. The first-order chi connectivity index (χ1) is 9.40. The Morgan fingerprint density at radius 1 is 1.40 bits per heavy atom. The van der Waals surface area contributed by atoms with Gasteiger partial charge in [-0.05, 0) is 37.8 Å². The summed E-state index contributed by atoms with van der Waals surface area (Å²) in [6, 6.07) is 8.94. The van der Waals surface area contributed by atoms with E-state index in [1.54, 1.807) is 6.92 Å². The summed E-state index contributed by atoms with van der Waals surface area (Å²) >= 11 is 0. The third-order valence-electron chi connectivity index (χ3n) is 4.17. The number of carbonyl (C=O) groups is 1. The van der Waals surface area contributed by atoms with Crippen molar-refractivity contribution < 1.29 is 15.0 Å². The third kappa shape index (κ3) is 3.38. The van der Waals surface area contributed by atoms with Gasteiger partial charge in [0.05, 0.1) is 5.60 Å². The summed E-state index contributed by atoms with van der Waals surface area (Å²) in [7, 11) is 0. The number of benzene rings is 1. The van der Waals surface area contributed by atoms with Gasteiger partial charge in [-0.25, -0.2) is 0 Å². The van der Waals surface area contributed by atoms with Crippen LogP contribution in [0.5, 0.6) is 0 Å². The molecule has 1 saturated heterocycles. The van der Waals surface area contributed by atoms with E-state index in [4.69, 9.17) is 0 Å². The molecular weight excluding hydrogens is 254 g/mol. The minimum atomic E-state index is -1.03. The molecule has 1 heterocycles. The van der Waals surface area contributed by atoms with Crippen LogP contribution in [0.1, 0.15) is 32.3 Å². The quantitative estimate of drug-likeness (QED) is 0.884. The predicted octanol–water partition coefficient (Wildman–Crippen LogP) is 2.08. The predicted molar refractivity (Wildman–Crippen MR) is 77.4 cm³/mol. The lowest BCUT2D eigenvalue weighted by atomic mass is 9.89. The maximum absolute atomic E-state index is 11.4. The van der Waals surface area contributed by atoms with Crippen LogP contribution < -0.4 is 0 Å². The molecule has 0 radical (unpaired) electrons. The molecule has 3 atom stereocenters. The summed E-state index contributed by atoms with van der Waals surface area (Å²) in [5.41, 5.74) is -0.210. The van der Waals surface area contributed by atoms with Gasteiger partial charge in [-0.3, -0.25) is 9.69 Å². The zero-order valence-electron chi connectivity index (χ0n) is 12.1. The van der Waals surface area contributed by atoms with Crippen molar-refractivity contribution in [3.05, 3.63) is 35.9 Å². The molecule has 0 amide bonds. The van der Waals surface area contributed by atoms with Crippen LogP contribution in [0.25, 0.3) is 0 Å². The second-order valence-corrected chi connectivity index (χ2v) is 6.09. The normalized spacial score (nSPS) is 26.9. The molecule has 1 aromatic rings. The number of hydrogen-bond donors (Lipinski definition) is 2. The summed E-state index contributed by atoms with van der Waals surface area (Å²) < 4.78 is 0. The first-order valence-electron chi connectivity index (χ1n) is 7.15. The lowest BCUT2D eigenvalue weighted by Crippen LogP contribution is -2.51. The topological polar surface area (TPSA) is 60.8 Å². The minimum absolute atomic E-state index is 0.348. The van der Waals surface area contributed by atoms with Crippen LogP contribution in [-0.4, -0.2) is 40.2 Å². The Hall–Kier alpha value is -1.39. The molecule has 1 fully saturated rings. The van der Waals surface area contributed by atoms with Crippen LogP contribution in [-0.2, 0) is 10.4 Å². The van der Waals surface area contributed by atoms with Gasteiger partial charge in [0.15, 0.2) is 0 Å². The minimum Gasteiger partial charge on any atom is -0.480 e. The van der Waals surface area contributed by atoms with Crippen LogP contribution in [0.4, 0.5) is 0 Å². The van der Waals surface area contributed by atoms with Gasteiger partial charge in [-0.15, -0.1) is 0 Å². The van der Waals surface area contributed by atoms with Gasteiger partial charge in [0, 0.05) is 6.54 Å². The standard InChI is InChI=1S/C16H23NO3/c1-12-8-9-17(14(10-12)15(18)19)11-16(2,20)13-6-4-3-5-7-13/h3-7,12,14,20H,8-11H2,1-2H3,(H,18,19). The largest absolute Gasteiger partial charge is 0.480 e. The van der Waals surface area contributed by atoms with E-state index in [-0.39, 0.29) is 0 Å². The monoisotopic (exact) mass is 277 g/mol. The number of β-amino-alcohol motifs (C(OH)–C–C–N with tert-alkyl or cyclic N) is 1. The lowest BCUT2D eigenvalue weighted by molar-refractivity contribution is -0.147. The SMILES string of the molecule is CC1CCN(CC(C)(O)c2ccccc2)C(C(=O)O)C1. The van der Waals surface area contributed by atoms with E-state index in [9.17, 15) is 15.0 Å². The molecule has 1 aliphatic rings. The Balaban J connectivity index is 2.13. The summed E-state index contributed by atoms with van der Waals surface area (Å²) in [5.74, 6) is -0.366. The van der Waals surface area contributed by atoms with E-state index in [0.717, 1.165) is 18.5 Å². The second-order valence-electron chi connectivity index (χ2n) is 6.09. The lowest BCUT2D eigenvalue weighted by Gasteiger charge is -2.40. The molecule has 1 aliphatic heterocycles. The van der Waals surface area contributed by atoms with E-state index < -0.39 is 17.6 Å². The second kappa shape index (κ2) is 5.94. The van der Waals surface area contributed by atoms with E-state index >= 15 is 0 Å². The fourth-order valence-electron chi connectivity index (χ4n) is 2.92. The van der Waals surface area contributed by atoms with E-state index in [1.165, 1.54) is 0 Å². The Labute approximate surface area is 120 Å². The number of carboxylic acids is 1. The van der Waals surface area contributed by atoms with Gasteiger partial charge >= 0.3 is 5.97 Å². The molecule has 2 N–H and O–H groups in total. The van der Waals surface area contributed by atoms with Gasteiger partial charge in [-0.1, -0.05) is 37.3 Å². The van der Waals surface area contributed by atoms with Crippen molar-refractivity contribution in [2.75, 3.05) is 13.1 Å². The average Bonchev–Trinajstić information content (AvgIpc) is 2.41. The van der Waals surface area contributed by atoms with Crippen LogP contribution in [0, 0.1) is 5.92 Å². The number of rotatable bonds is 4. The van der Waals surface area contributed by atoms with Gasteiger partial charge in [0.1, 0.15) is 6.04 Å². The number of hydrogen-bond acceptors (Lipinski definition) is 3. The molecule has 0 spiro atoms. The van der Waals surface area contributed by atoms with Crippen molar-refractivity contribution >= 4 is 5.97 Å². The summed E-state index contributed by atoms with van der Waals surface area (Å²) in [5, 5.41) is 20.0. The number of likely N-dealkylation sites (tertiary alicyclic amines) is 1. The van der Waals surface area contributed by atoms with E-state index in [1.807, 2.05) is 35.2 Å². The number of piperidine rings is 1. The molecule has 110 valence electrons. The highest BCUT2D eigenvalue weighted by molar-refractivity contribution is 5.73. The Morgan fingerprint density at radius 3 is 2.65 bits per heavy atom. The molecule has 0 aromatic heterocycles. The molecule has 0 bridgehead atoms. The molecular formula is C16H23NO3. The molecule has 2 rings (SSSR count). The molecule has 4 nitrogen and oxygen atoms in total. The van der Waals surface area contributed by atoms with Gasteiger partial charge in [0.2, 0.25) is 0 Å². The van der Waals surface area contributed by atoms with E-state index in [2.05, 4.69) is 6.92 Å². The van der Waals surface area contributed by atoms with Crippen LogP contribution in [0.15, 0.2) is 30.3 Å². The molecule has 4 heteroatoms. The summed E-state index contributed by atoms with van der Waals surface area (Å²) in [4.78, 5) is 13.3. The zero-order valence-corrected chi connectivity index (χ0v) is 12.1. The Morgan fingerprint density at radius 2 is 2.05 bits per heavy atom. The highest BCUT2D eigenvalue weighted by Crippen LogP contribution is 2.28. The zero-order chi connectivity index (χ0) is 14.8. The van der Waals surface area contributed by atoms with Gasteiger partial charge < -0.3 is 10.2 Å². The molecule has 1 aromatic carbocycles. The van der Waals surface area contributed by atoms with Gasteiger partial charge in [-0.2, -0.15) is 0 Å². The van der Waals surface area contributed by atoms with Gasteiger partial charge in [0.25, 0.3) is 0 Å². The van der Waals surface area contributed by atoms with Crippen molar-refractivity contribution in [2.24, 2.45) is 5.92 Å². The van der Waals surface area contributed by atoms with Crippen molar-refractivity contribution in [1.82, 2.24) is 4.90 Å². The first kappa shape index (κ1) is 15.0. The van der Waals surface area contributed by atoms with Crippen molar-refractivity contribution in [3.8, 4) is 0 Å². The summed E-state index contributed by atoms with van der Waals surface area (Å²) in [6.07, 6.45) is 1.63. The molecule has 0 aliphatic carbocycles. The summed E-state index contributed by atoms with van der Waals surface area (Å²) in [6.45, 7) is 4.91. The Bertz CT molecular complexity index is 458. The van der Waals surface area contributed by atoms with E-state index in [0.29, 0.717) is 18.9 Å². The fraction of sp³-hybridized carbons (Fsp3) is 0.562. The number of aliphatic carboxylic acids is 1. The maximum Gasteiger partial charge on any atom is 0.320 e. The molecule has 20 heavy (non-hydrogen) atoms. The Kier molecular flexibility index (Phi) is 4.45. The first-order valence-corrected chi connectivity index (χ1v) is 7.15. The maximum atomic E-state index is 11.4. The average molecular weight is 277 g/mol. The number of carboxylic acid groups (broad SMARTS) is 1. The van der Waals surface area contributed by atoms with Crippen LogP contribution >= 0.6 is 0 Å². The van der Waals surface area contributed by atoms with Crippen molar-refractivity contribution in [1.29, 1.82) is 0 Å². The van der Waals surface area contributed by atoms with Crippen LogP contribution in [0.2, 0.25) is 0 Å². The third-order valence-corrected chi connectivity index (χ3v) is 4.17. The highest BCUT2D eigenvalue weighted by Gasteiger charge is 2.36. The highest BCUT2D eigenvalue weighted by atomic mass is 16.4. The van der Waals surface area contributed by atoms with Crippen molar-refractivity contribution in [2.45, 2.75) is 38.3 Å². The van der Waals surface area contributed by atoms with Crippen LogP contribution in [0.3, 0.4) is 0 Å². The number of nitrogens with zero attached hydrogens (tertiary/aromatic N) is 1. The molecule has 0 saturated carbocycles. The van der Waals surface area contributed by atoms with Crippen molar-refractivity contribution in [3.63, 3.8) is 0 Å². The smallest absolute Gasteiger partial charge is 0.320 e. The fourth-order valence-corrected chi connectivity index (χ4v) is 2.92. The number of aliphatic hydroxyl groups is 1.